The Labute approximate surface area is 158 Å². The van der Waals surface area contributed by atoms with Crippen LogP contribution in [-0.4, -0.2) is 51.9 Å². The van der Waals surface area contributed by atoms with E-state index in [4.69, 9.17) is 0 Å². The molecule has 0 radical (unpaired) electrons. The molecule has 0 spiro atoms. The Balaban J connectivity index is 2.38. The van der Waals surface area contributed by atoms with Gasteiger partial charge in [-0.25, -0.2) is 9.78 Å². The molecule has 2 amide bonds. The van der Waals surface area contributed by atoms with Gasteiger partial charge < -0.3 is 15.3 Å². The molecular weight excluding hydrogens is 410 g/mol. The largest absolute Gasteiger partial charge is 0.480 e. The smallest absolute Gasteiger partial charge is 0.326 e. The Bertz CT molecular complexity index is 676. The van der Waals surface area contributed by atoms with E-state index >= 15 is 0 Å². The molecule has 25 heavy (non-hydrogen) atoms. The fourth-order valence-corrected chi connectivity index (χ4v) is 4.67. The molecule has 0 unspecified atom stereocenters. The van der Waals surface area contributed by atoms with Crippen molar-refractivity contribution in [1.82, 2.24) is 15.2 Å². The van der Waals surface area contributed by atoms with E-state index in [2.05, 4.69) is 26.2 Å². The Morgan fingerprint density at radius 1 is 1.40 bits per heavy atom. The van der Waals surface area contributed by atoms with Gasteiger partial charge in [-0.15, -0.1) is 11.3 Å². The zero-order valence-electron chi connectivity index (χ0n) is 14.4. The molecule has 0 saturated heterocycles. The predicted octanol–water partition coefficient (Wildman–Crippen LogP) is 1.84. The number of nitrogens with zero attached hydrogens (tertiary/aromatic N) is 2. The second-order valence-corrected chi connectivity index (χ2v) is 8.85. The summed E-state index contributed by atoms with van der Waals surface area (Å²) in [6, 6.07) is -1.78. The minimum Gasteiger partial charge on any atom is -0.480 e. The molecule has 2 rings (SSSR count). The molecule has 1 aliphatic rings. The SMILES string of the molecule is CC(C)[C@H]1C(=O)N[C@H](C(=O)O)Cc2nc(Br)sc2CCCC(=O)N1C. The normalized spacial score (nSPS) is 22.8. The number of aryl methyl sites for hydroxylation is 1. The predicted molar refractivity (Wildman–Crippen MR) is 97.4 cm³/mol. The number of halogens is 1. The van der Waals surface area contributed by atoms with Gasteiger partial charge in [0, 0.05) is 24.8 Å². The minimum atomic E-state index is -1.11. The molecule has 0 bridgehead atoms. The third kappa shape index (κ3) is 4.78. The Morgan fingerprint density at radius 3 is 2.68 bits per heavy atom. The number of carboxylic acid groups (broad SMARTS) is 1. The van der Waals surface area contributed by atoms with Gasteiger partial charge in [-0.05, 0) is 34.7 Å². The first-order valence-electron chi connectivity index (χ1n) is 8.13. The van der Waals surface area contributed by atoms with Crippen molar-refractivity contribution in [2.24, 2.45) is 5.92 Å². The van der Waals surface area contributed by atoms with Gasteiger partial charge in [0.2, 0.25) is 11.8 Å². The first-order chi connectivity index (χ1) is 11.7. The van der Waals surface area contributed by atoms with E-state index in [1.54, 1.807) is 7.05 Å². The van der Waals surface area contributed by atoms with Gasteiger partial charge in [0.1, 0.15) is 12.1 Å². The Morgan fingerprint density at radius 2 is 2.08 bits per heavy atom. The first kappa shape index (κ1) is 19.8. The van der Waals surface area contributed by atoms with Crippen LogP contribution < -0.4 is 5.32 Å². The van der Waals surface area contributed by atoms with Crippen LogP contribution in [0.25, 0.3) is 0 Å². The summed E-state index contributed by atoms with van der Waals surface area (Å²) in [5.41, 5.74) is 0.659. The lowest BCUT2D eigenvalue weighted by atomic mass is 9.99. The number of amides is 2. The fraction of sp³-hybridized carbons (Fsp3) is 0.625. The standard InChI is InChI=1S/C16H22BrN3O4S/c1-8(2)13-14(22)18-10(15(23)24)7-9-11(25-16(17)19-9)5-4-6-12(21)20(13)3/h8,10,13H,4-7H2,1-3H3,(H,18,22)(H,23,24)/t10-,13-/m0/s1. The number of hydrogen-bond donors (Lipinski definition) is 2. The third-order valence-electron chi connectivity index (χ3n) is 4.27. The van der Waals surface area contributed by atoms with Gasteiger partial charge in [-0.3, -0.25) is 9.59 Å². The molecule has 2 atom stereocenters. The van der Waals surface area contributed by atoms with Gasteiger partial charge in [-0.2, -0.15) is 0 Å². The van der Waals surface area contributed by atoms with Crippen molar-refractivity contribution >= 4 is 45.1 Å². The van der Waals surface area contributed by atoms with E-state index in [1.165, 1.54) is 16.2 Å². The highest BCUT2D eigenvalue weighted by atomic mass is 79.9. The summed E-state index contributed by atoms with van der Waals surface area (Å²) in [6.45, 7) is 3.68. The van der Waals surface area contributed by atoms with E-state index in [0.717, 1.165) is 4.88 Å². The van der Waals surface area contributed by atoms with Crippen LogP contribution in [0.1, 0.15) is 37.3 Å². The first-order valence-corrected chi connectivity index (χ1v) is 9.74. The fourth-order valence-electron chi connectivity index (χ4n) is 3.01. The number of rotatable bonds is 2. The molecule has 7 nitrogen and oxygen atoms in total. The topological polar surface area (TPSA) is 99.6 Å². The summed E-state index contributed by atoms with van der Waals surface area (Å²) in [7, 11) is 1.60. The van der Waals surface area contributed by atoms with E-state index in [-0.39, 0.29) is 18.2 Å². The summed E-state index contributed by atoms with van der Waals surface area (Å²) in [6.07, 6.45) is 1.76. The second kappa shape index (κ2) is 8.27. The molecule has 9 heteroatoms. The highest BCUT2D eigenvalue weighted by Gasteiger charge is 2.33. The van der Waals surface area contributed by atoms with Crippen LogP contribution in [0, 0.1) is 5.92 Å². The monoisotopic (exact) mass is 431 g/mol. The molecule has 1 aliphatic heterocycles. The summed E-state index contributed by atoms with van der Waals surface area (Å²) >= 11 is 4.77. The van der Waals surface area contributed by atoms with Crippen LogP contribution in [0.2, 0.25) is 0 Å². The molecule has 2 heterocycles. The van der Waals surface area contributed by atoms with E-state index < -0.39 is 24.0 Å². The Kier molecular flexibility index (Phi) is 6.56. The zero-order chi connectivity index (χ0) is 18.7. The number of aliphatic carboxylic acids is 1. The lowest BCUT2D eigenvalue weighted by Crippen LogP contribution is -2.54. The van der Waals surface area contributed by atoms with Crippen LogP contribution in [0.4, 0.5) is 0 Å². The molecule has 1 aromatic rings. The quantitative estimate of drug-likeness (QED) is 0.743. The number of nitrogens with one attached hydrogen (secondary N) is 1. The third-order valence-corrected chi connectivity index (χ3v) is 5.88. The van der Waals surface area contributed by atoms with Gasteiger partial charge in [-0.1, -0.05) is 13.8 Å². The van der Waals surface area contributed by atoms with Crippen LogP contribution in [0.3, 0.4) is 0 Å². The number of carboxylic acids is 1. The lowest BCUT2D eigenvalue weighted by Gasteiger charge is -2.31. The molecule has 1 aromatic heterocycles. The van der Waals surface area contributed by atoms with Crippen molar-refractivity contribution in [3.05, 3.63) is 14.5 Å². The number of thiazole rings is 1. The molecule has 138 valence electrons. The van der Waals surface area contributed by atoms with Crippen molar-refractivity contribution in [3.63, 3.8) is 0 Å². The summed E-state index contributed by atoms with van der Waals surface area (Å²) in [4.78, 5) is 43.5. The second-order valence-electron chi connectivity index (χ2n) is 6.49. The Hall–Kier alpha value is -1.48. The van der Waals surface area contributed by atoms with Crippen LogP contribution in [0.5, 0.6) is 0 Å². The molecular formula is C16H22BrN3O4S. The molecule has 0 saturated carbocycles. The average Bonchev–Trinajstić information content (AvgIpc) is 2.84. The van der Waals surface area contributed by atoms with Gasteiger partial charge in [0.15, 0.2) is 3.92 Å². The number of likely N-dealkylation sites (N-methyl/N-ethyl adjacent to an activating group) is 1. The molecule has 2 N–H and O–H groups in total. The number of fused-ring (bicyclic) bond motifs is 1. The lowest BCUT2D eigenvalue weighted by molar-refractivity contribution is -0.145. The molecule has 0 fully saturated rings. The van der Waals surface area contributed by atoms with Gasteiger partial charge in [0.25, 0.3) is 0 Å². The summed E-state index contributed by atoms with van der Waals surface area (Å²) < 4.78 is 0.673. The average molecular weight is 432 g/mol. The summed E-state index contributed by atoms with van der Waals surface area (Å²) in [5.74, 6) is -1.81. The minimum absolute atomic E-state index is 0.119. The van der Waals surface area contributed by atoms with Crippen LogP contribution in [-0.2, 0) is 27.2 Å². The highest BCUT2D eigenvalue weighted by Crippen LogP contribution is 2.27. The van der Waals surface area contributed by atoms with Gasteiger partial charge >= 0.3 is 5.97 Å². The number of carbonyl (C=O) groups excluding carboxylic acids is 2. The van der Waals surface area contributed by atoms with E-state index in [1.807, 2.05) is 13.8 Å². The maximum absolute atomic E-state index is 12.7. The van der Waals surface area contributed by atoms with Crippen molar-refractivity contribution in [1.29, 1.82) is 0 Å². The maximum atomic E-state index is 12.7. The van der Waals surface area contributed by atoms with Crippen molar-refractivity contribution in [3.8, 4) is 0 Å². The molecule has 0 aliphatic carbocycles. The summed E-state index contributed by atoms with van der Waals surface area (Å²) in [5, 5.41) is 12.1. The number of aromatic nitrogens is 1. The maximum Gasteiger partial charge on any atom is 0.326 e. The molecule has 0 aromatic carbocycles. The highest BCUT2D eigenvalue weighted by molar-refractivity contribution is 9.11. The van der Waals surface area contributed by atoms with Crippen molar-refractivity contribution in [2.75, 3.05) is 7.05 Å². The van der Waals surface area contributed by atoms with Gasteiger partial charge in [0.05, 0.1) is 5.69 Å². The number of carbonyl (C=O) groups is 3. The van der Waals surface area contributed by atoms with E-state index in [0.29, 0.717) is 28.9 Å². The van der Waals surface area contributed by atoms with Crippen LogP contribution in [0.15, 0.2) is 3.92 Å². The number of hydrogen-bond acceptors (Lipinski definition) is 5. The van der Waals surface area contributed by atoms with Crippen molar-refractivity contribution in [2.45, 2.75) is 51.6 Å². The van der Waals surface area contributed by atoms with Crippen molar-refractivity contribution < 1.29 is 19.5 Å². The zero-order valence-corrected chi connectivity index (χ0v) is 16.8. The van der Waals surface area contributed by atoms with Crippen LogP contribution >= 0.6 is 27.3 Å². The van der Waals surface area contributed by atoms with E-state index in [9.17, 15) is 19.5 Å².